The molecule has 1 fully saturated rings. The molecule has 7 nitrogen and oxygen atoms in total. The molecule has 1 N–H and O–H groups in total. The Kier molecular flexibility index (Phi) is 8.79. The number of hydrogen-bond acceptors (Lipinski definition) is 5. The number of benzene rings is 2. The number of esters is 1. The minimum Gasteiger partial charge on any atom is -0.452 e. The largest absolute Gasteiger partial charge is 0.452 e. The van der Waals surface area contributed by atoms with Crippen molar-refractivity contribution in [1.82, 2.24) is 9.62 Å². The second-order valence-electron chi connectivity index (χ2n) is 8.03. The van der Waals surface area contributed by atoms with Crippen molar-refractivity contribution in [2.45, 2.75) is 43.5 Å². The number of carbonyl (C=O) groups is 2. The summed E-state index contributed by atoms with van der Waals surface area (Å²) >= 11 is 0. The van der Waals surface area contributed by atoms with E-state index in [1.54, 1.807) is 28.6 Å². The van der Waals surface area contributed by atoms with Crippen LogP contribution in [0.25, 0.3) is 6.08 Å². The first-order chi connectivity index (χ1) is 15.9. The lowest BCUT2D eigenvalue weighted by molar-refractivity contribution is -0.144. The quantitative estimate of drug-likeness (QED) is 0.469. The van der Waals surface area contributed by atoms with Gasteiger partial charge in [0.05, 0.1) is 10.9 Å². The molecule has 176 valence electrons. The van der Waals surface area contributed by atoms with E-state index in [0.717, 1.165) is 31.2 Å². The number of ether oxygens (including phenoxy) is 1. The summed E-state index contributed by atoms with van der Waals surface area (Å²) in [6, 6.07) is 15.7. The van der Waals surface area contributed by atoms with Crippen molar-refractivity contribution in [2.75, 3.05) is 19.7 Å². The van der Waals surface area contributed by atoms with Gasteiger partial charge in [-0.05, 0) is 49.1 Å². The topological polar surface area (TPSA) is 92.8 Å². The van der Waals surface area contributed by atoms with Crippen molar-refractivity contribution in [3.05, 3.63) is 71.8 Å². The van der Waals surface area contributed by atoms with Crippen LogP contribution in [0.2, 0.25) is 0 Å². The lowest BCUT2D eigenvalue weighted by Crippen LogP contribution is -2.31. The minimum absolute atomic E-state index is 0.197. The zero-order valence-electron chi connectivity index (χ0n) is 18.8. The first kappa shape index (κ1) is 24.7. The van der Waals surface area contributed by atoms with Crippen LogP contribution in [-0.4, -0.2) is 44.3 Å². The summed E-state index contributed by atoms with van der Waals surface area (Å²) in [5.41, 5.74) is 1.61. The van der Waals surface area contributed by atoms with Crippen LogP contribution in [0.1, 0.15) is 49.8 Å². The summed E-state index contributed by atoms with van der Waals surface area (Å²) in [6.07, 6.45) is 6.61. The molecular formula is C25H30N2O5S. The maximum absolute atomic E-state index is 12.8. The molecule has 1 amide bonds. The van der Waals surface area contributed by atoms with Crippen LogP contribution < -0.4 is 5.32 Å². The standard InChI is InChI=1S/C25H30N2O5S/c1-20(22-9-5-4-6-10-22)26-24(28)19-32-25(29)16-13-21-11-14-23(15-12-21)33(30,31)27-17-7-2-3-8-18-27/h4-6,9-16,20H,2-3,7-8,17-19H2,1H3,(H,26,28)/b16-13+/t20-/m0/s1. The Bertz CT molecular complexity index is 1060. The molecule has 33 heavy (non-hydrogen) atoms. The van der Waals surface area contributed by atoms with E-state index < -0.39 is 21.9 Å². The molecule has 0 radical (unpaired) electrons. The summed E-state index contributed by atoms with van der Waals surface area (Å²) in [6.45, 7) is 2.57. The van der Waals surface area contributed by atoms with Crippen molar-refractivity contribution in [3.8, 4) is 0 Å². The first-order valence-electron chi connectivity index (χ1n) is 11.2. The van der Waals surface area contributed by atoms with Crippen LogP contribution in [0.5, 0.6) is 0 Å². The van der Waals surface area contributed by atoms with E-state index >= 15 is 0 Å². The Morgan fingerprint density at radius 2 is 1.64 bits per heavy atom. The highest BCUT2D eigenvalue weighted by Crippen LogP contribution is 2.21. The number of nitrogens with one attached hydrogen (secondary N) is 1. The van der Waals surface area contributed by atoms with Gasteiger partial charge in [-0.2, -0.15) is 4.31 Å². The lowest BCUT2D eigenvalue weighted by Gasteiger charge is -2.19. The summed E-state index contributed by atoms with van der Waals surface area (Å²) in [5.74, 6) is -1.05. The summed E-state index contributed by atoms with van der Waals surface area (Å²) in [5, 5.41) is 2.78. The van der Waals surface area contributed by atoms with Gasteiger partial charge in [0.2, 0.25) is 10.0 Å². The van der Waals surface area contributed by atoms with Crippen LogP contribution >= 0.6 is 0 Å². The van der Waals surface area contributed by atoms with E-state index in [1.165, 1.54) is 12.2 Å². The van der Waals surface area contributed by atoms with Gasteiger partial charge in [0.1, 0.15) is 0 Å². The summed E-state index contributed by atoms with van der Waals surface area (Å²) in [7, 11) is -3.51. The second-order valence-corrected chi connectivity index (χ2v) is 9.97. The van der Waals surface area contributed by atoms with Gasteiger partial charge in [-0.25, -0.2) is 13.2 Å². The van der Waals surface area contributed by atoms with E-state index in [-0.39, 0.29) is 17.5 Å². The third-order valence-corrected chi connectivity index (χ3v) is 7.43. The molecule has 1 aliphatic heterocycles. The Labute approximate surface area is 195 Å². The highest BCUT2D eigenvalue weighted by Gasteiger charge is 2.24. The third-order valence-electron chi connectivity index (χ3n) is 5.52. The highest BCUT2D eigenvalue weighted by atomic mass is 32.2. The molecule has 1 saturated heterocycles. The van der Waals surface area contributed by atoms with E-state index in [4.69, 9.17) is 4.74 Å². The van der Waals surface area contributed by atoms with Gasteiger partial charge in [-0.3, -0.25) is 4.79 Å². The number of sulfonamides is 1. The molecule has 2 aromatic carbocycles. The van der Waals surface area contributed by atoms with Gasteiger partial charge < -0.3 is 10.1 Å². The van der Waals surface area contributed by atoms with Crippen LogP contribution in [0, 0.1) is 0 Å². The Balaban J connectivity index is 1.49. The SMILES string of the molecule is C[C@H](NC(=O)COC(=O)/C=C/c1ccc(S(=O)(=O)N2CCCCCC2)cc1)c1ccccc1. The van der Waals surface area contributed by atoms with Crippen molar-refractivity contribution < 1.29 is 22.7 Å². The van der Waals surface area contributed by atoms with E-state index in [2.05, 4.69) is 5.32 Å². The normalized spacial score (nSPS) is 16.2. The molecule has 1 heterocycles. The van der Waals surface area contributed by atoms with Gasteiger partial charge >= 0.3 is 5.97 Å². The number of rotatable bonds is 8. The molecule has 0 unspecified atom stereocenters. The van der Waals surface area contributed by atoms with Gasteiger partial charge in [-0.1, -0.05) is 55.3 Å². The van der Waals surface area contributed by atoms with Crippen LogP contribution in [0.15, 0.2) is 65.6 Å². The predicted octanol–water partition coefficient (Wildman–Crippen LogP) is 3.69. The average Bonchev–Trinajstić information content (AvgIpc) is 3.12. The fraction of sp³-hybridized carbons (Fsp3) is 0.360. The van der Waals surface area contributed by atoms with Crippen molar-refractivity contribution >= 4 is 28.0 Å². The summed E-state index contributed by atoms with van der Waals surface area (Å²) in [4.78, 5) is 24.2. The van der Waals surface area contributed by atoms with Crippen molar-refractivity contribution in [1.29, 1.82) is 0 Å². The molecule has 3 rings (SSSR count). The van der Waals surface area contributed by atoms with E-state index in [1.807, 2.05) is 37.3 Å². The minimum atomic E-state index is -3.51. The predicted molar refractivity (Wildman–Crippen MR) is 127 cm³/mol. The fourth-order valence-corrected chi connectivity index (χ4v) is 5.16. The monoisotopic (exact) mass is 470 g/mol. The summed E-state index contributed by atoms with van der Waals surface area (Å²) < 4.78 is 32.2. The maximum Gasteiger partial charge on any atom is 0.331 e. The zero-order chi connectivity index (χ0) is 23.7. The molecule has 1 aliphatic rings. The highest BCUT2D eigenvalue weighted by molar-refractivity contribution is 7.89. The molecule has 0 bridgehead atoms. The van der Waals surface area contributed by atoms with Crippen molar-refractivity contribution in [3.63, 3.8) is 0 Å². The molecule has 2 aromatic rings. The molecule has 8 heteroatoms. The van der Waals surface area contributed by atoms with Gasteiger partial charge in [0.25, 0.3) is 5.91 Å². The Morgan fingerprint density at radius 1 is 1.00 bits per heavy atom. The lowest BCUT2D eigenvalue weighted by atomic mass is 10.1. The van der Waals surface area contributed by atoms with Gasteiger partial charge in [0.15, 0.2) is 6.61 Å². The Hall–Kier alpha value is -2.97. The molecular weight excluding hydrogens is 440 g/mol. The molecule has 1 atom stereocenters. The van der Waals surface area contributed by atoms with E-state index in [9.17, 15) is 18.0 Å². The van der Waals surface area contributed by atoms with Crippen LogP contribution in [0.4, 0.5) is 0 Å². The third kappa shape index (κ3) is 7.27. The smallest absolute Gasteiger partial charge is 0.331 e. The molecule has 0 spiro atoms. The van der Waals surface area contributed by atoms with Crippen molar-refractivity contribution in [2.24, 2.45) is 0 Å². The number of carbonyl (C=O) groups excluding carboxylic acids is 2. The fourth-order valence-electron chi connectivity index (χ4n) is 3.64. The number of amides is 1. The zero-order valence-corrected chi connectivity index (χ0v) is 19.6. The average molecular weight is 471 g/mol. The first-order valence-corrected chi connectivity index (χ1v) is 12.6. The Morgan fingerprint density at radius 3 is 2.27 bits per heavy atom. The van der Waals surface area contributed by atoms with Gasteiger partial charge in [0, 0.05) is 19.2 Å². The van der Waals surface area contributed by atoms with E-state index in [0.29, 0.717) is 18.7 Å². The number of nitrogens with zero attached hydrogens (tertiary/aromatic N) is 1. The number of hydrogen-bond donors (Lipinski definition) is 1. The molecule has 0 aliphatic carbocycles. The van der Waals surface area contributed by atoms with Gasteiger partial charge in [-0.15, -0.1) is 0 Å². The van der Waals surface area contributed by atoms with Crippen LogP contribution in [0.3, 0.4) is 0 Å². The molecule has 0 saturated carbocycles. The van der Waals surface area contributed by atoms with Crippen LogP contribution in [-0.2, 0) is 24.3 Å². The second kappa shape index (κ2) is 11.8. The molecule has 0 aromatic heterocycles. The maximum atomic E-state index is 12.8.